The van der Waals surface area contributed by atoms with Crippen LogP contribution < -0.4 is 5.32 Å². The molecule has 3 aromatic rings. The molecule has 8 nitrogen and oxygen atoms in total. The zero-order valence-corrected chi connectivity index (χ0v) is 14.1. The number of hydrogen-bond acceptors (Lipinski definition) is 7. The van der Waals surface area contributed by atoms with Crippen molar-refractivity contribution in [2.75, 3.05) is 0 Å². The molecule has 0 radical (unpaired) electrons. The fourth-order valence-corrected chi connectivity index (χ4v) is 2.90. The monoisotopic (exact) mass is 354 g/mol. The zero-order valence-electron chi connectivity index (χ0n) is 14.1. The Balaban J connectivity index is 1.33. The quantitative estimate of drug-likeness (QED) is 0.723. The Morgan fingerprint density at radius 1 is 1.23 bits per heavy atom. The van der Waals surface area contributed by atoms with Crippen molar-refractivity contribution in [2.24, 2.45) is 0 Å². The molecule has 1 saturated carbocycles. The van der Waals surface area contributed by atoms with Crippen molar-refractivity contribution in [1.29, 1.82) is 0 Å². The number of carbonyl (C=O) groups is 1. The number of rotatable bonds is 5. The molecule has 8 heteroatoms. The molecule has 2 heterocycles. The summed E-state index contributed by atoms with van der Waals surface area (Å²) in [5.41, 5.74) is 1.12. The minimum absolute atomic E-state index is 0.0197. The second kappa shape index (κ2) is 6.72. The van der Waals surface area contributed by atoms with E-state index in [0.717, 1.165) is 5.56 Å². The maximum Gasteiger partial charge on any atom is 0.273 e. The predicted octanol–water partition coefficient (Wildman–Crippen LogP) is 2.45. The third-order valence-electron chi connectivity index (χ3n) is 4.45. The topological polar surface area (TPSA) is 114 Å². The number of nitrogens with one attached hydrogen (secondary N) is 1. The van der Waals surface area contributed by atoms with Gasteiger partial charge in [0.2, 0.25) is 5.89 Å². The summed E-state index contributed by atoms with van der Waals surface area (Å²) in [6, 6.07) is 11.1. The van der Waals surface area contributed by atoms with Gasteiger partial charge in [0.15, 0.2) is 17.3 Å². The van der Waals surface area contributed by atoms with E-state index < -0.39 is 6.10 Å². The Hall–Kier alpha value is -3.00. The van der Waals surface area contributed by atoms with E-state index in [4.69, 9.17) is 9.05 Å². The number of aliphatic hydroxyl groups is 1. The van der Waals surface area contributed by atoms with E-state index in [2.05, 4.69) is 20.6 Å². The maximum atomic E-state index is 12.3. The highest BCUT2D eigenvalue weighted by molar-refractivity contribution is 5.93. The molecule has 1 aliphatic carbocycles. The lowest BCUT2D eigenvalue weighted by atomic mass is 9.80. The van der Waals surface area contributed by atoms with Gasteiger partial charge < -0.3 is 19.5 Å². The molecule has 0 bridgehead atoms. The summed E-state index contributed by atoms with van der Waals surface area (Å²) in [4.78, 5) is 16.5. The first-order valence-electron chi connectivity index (χ1n) is 8.44. The van der Waals surface area contributed by atoms with Crippen LogP contribution in [0.25, 0.3) is 11.3 Å². The molecule has 2 N–H and O–H groups in total. The molecule has 1 unspecified atom stereocenters. The Labute approximate surface area is 149 Å². The number of hydrogen-bond donors (Lipinski definition) is 2. The van der Waals surface area contributed by atoms with Crippen LogP contribution >= 0.6 is 0 Å². The van der Waals surface area contributed by atoms with Crippen LogP contribution in [0, 0.1) is 0 Å². The Bertz CT molecular complexity index is 897. The average Bonchev–Trinajstić information content (AvgIpc) is 3.28. The van der Waals surface area contributed by atoms with Gasteiger partial charge in [-0.15, -0.1) is 0 Å². The molecule has 2 aromatic heterocycles. The molecular weight excluding hydrogens is 336 g/mol. The van der Waals surface area contributed by atoms with E-state index in [9.17, 15) is 9.90 Å². The summed E-state index contributed by atoms with van der Waals surface area (Å²) < 4.78 is 10.4. The number of aromatic nitrogens is 3. The van der Waals surface area contributed by atoms with E-state index in [-0.39, 0.29) is 29.4 Å². The van der Waals surface area contributed by atoms with Crippen LogP contribution in [-0.4, -0.2) is 32.4 Å². The largest absolute Gasteiger partial charge is 0.385 e. The molecule has 1 amide bonds. The summed E-state index contributed by atoms with van der Waals surface area (Å²) in [7, 11) is 0. The molecule has 4 rings (SSSR count). The number of benzene rings is 1. The van der Waals surface area contributed by atoms with Gasteiger partial charge in [0.25, 0.3) is 5.91 Å². The fraction of sp³-hybridized carbons (Fsp3) is 0.333. The number of amides is 1. The number of carbonyl (C=O) groups excluding carboxylic acids is 1. The molecule has 134 valence electrons. The van der Waals surface area contributed by atoms with Gasteiger partial charge in [-0.25, -0.2) is 0 Å². The summed E-state index contributed by atoms with van der Waals surface area (Å²) in [5.74, 6) is 1.16. The van der Waals surface area contributed by atoms with E-state index in [1.54, 1.807) is 13.0 Å². The molecule has 26 heavy (non-hydrogen) atoms. The molecule has 1 aromatic carbocycles. The van der Waals surface area contributed by atoms with Crippen LogP contribution in [0.1, 0.15) is 54.0 Å². The molecule has 0 aliphatic heterocycles. The van der Waals surface area contributed by atoms with E-state index in [1.807, 2.05) is 30.3 Å². The molecule has 0 spiro atoms. The van der Waals surface area contributed by atoms with Crippen molar-refractivity contribution >= 4 is 5.91 Å². The van der Waals surface area contributed by atoms with Crippen LogP contribution in [0.2, 0.25) is 0 Å². The maximum absolute atomic E-state index is 12.3. The van der Waals surface area contributed by atoms with Gasteiger partial charge in [0, 0.05) is 23.6 Å². The Morgan fingerprint density at radius 3 is 2.69 bits per heavy atom. The second-order valence-electron chi connectivity index (χ2n) is 6.45. The fourth-order valence-electron chi connectivity index (χ4n) is 2.90. The Kier molecular flexibility index (Phi) is 4.26. The summed E-state index contributed by atoms with van der Waals surface area (Å²) in [6.07, 6.45) is 0.654. The van der Waals surface area contributed by atoms with Gasteiger partial charge in [-0.1, -0.05) is 40.6 Å². The van der Waals surface area contributed by atoms with Gasteiger partial charge in [-0.3, -0.25) is 4.79 Å². The minimum atomic E-state index is -0.756. The third kappa shape index (κ3) is 3.23. The summed E-state index contributed by atoms with van der Waals surface area (Å²) >= 11 is 0. The molecule has 1 atom stereocenters. The zero-order chi connectivity index (χ0) is 18.1. The number of nitrogens with zero attached hydrogens (tertiary/aromatic N) is 3. The first kappa shape index (κ1) is 16.5. The van der Waals surface area contributed by atoms with E-state index >= 15 is 0 Å². The SMILES string of the molecule is CC(O)c1noc(C2CC(NC(=O)c3cc(-c4ccccc4)on3)C2)n1. The van der Waals surface area contributed by atoms with Crippen LogP contribution in [0.3, 0.4) is 0 Å². The molecule has 1 aliphatic rings. The molecule has 1 fully saturated rings. The van der Waals surface area contributed by atoms with E-state index in [0.29, 0.717) is 24.5 Å². The van der Waals surface area contributed by atoms with Crippen LogP contribution in [-0.2, 0) is 0 Å². The van der Waals surface area contributed by atoms with Gasteiger partial charge in [-0.2, -0.15) is 4.98 Å². The average molecular weight is 354 g/mol. The van der Waals surface area contributed by atoms with E-state index in [1.165, 1.54) is 0 Å². The van der Waals surface area contributed by atoms with Crippen molar-refractivity contribution in [1.82, 2.24) is 20.6 Å². The van der Waals surface area contributed by atoms with Crippen molar-refractivity contribution in [3.63, 3.8) is 0 Å². The lowest BCUT2D eigenvalue weighted by molar-refractivity contribution is 0.0892. The van der Waals surface area contributed by atoms with Crippen molar-refractivity contribution < 1.29 is 18.9 Å². The number of aliphatic hydroxyl groups excluding tert-OH is 1. The van der Waals surface area contributed by atoms with Crippen LogP contribution in [0.4, 0.5) is 0 Å². The Morgan fingerprint density at radius 2 is 2.00 bits per heavy atom. The highest BCUT2D eigenvalue weighted by Gasteiger charge is 2.36. The highest BCUT2D eigenvalue weighted by Crippen LogP contribution is 2.36. The lowest BCUT2D eigenvalue weighted by Crippen LogP contribution is -2.43. The van der Waals surface area contributed by atoms with Crippen molar-refractivity contribution in [2.45, 2.75) is 37.8 Å². The van der Waals surface area contributed by atoms with Crippen LogP contribution in [0.15, 0.2) is 45.4 Å². The standard InChI is InChI=1S/C18H18N4O4/c1-10(23)16-20-18(26-22-16)12-7-13(8-12)19-17(24)14-9-15(25-21-14)11-5-3-2-4-6-11/h2-6,9-10,12-13,23H,7-8H2,1H3,(H,19,24). The molecule has 0 saturated heterocycles. The first-order chi connectivity index (χ1) is 12.6. The van der Waals surface area contributed by atoms with Gasteiger partial charge in [0.05, 0.1) is 0 Å². The first-order valence-corrected chi connectivity index (χ1v) is 8.44. The predicted molar refractivity (Wildman–Crippen MR) is 90.1 cm³/mol. The van der Waals surface area contributed by atoms with Gasteiger partial charge in [0.1, 0.15) is 6.10 Å². The molecular formula is C18H18N4O4. The van der Waals surface area contributed by atoms with Gasteiger partial charge in [-0.05, 0) is 19.8 Å². The van der Waals surface area contributed by atoms with Crippen molar-refractivity contribution in [3.05, 3.63) is 53.8 Å². The normalized spacial score (nSPS) is 20.4. The smallest absolute Gasteiger partial charge is 0.273 e. The highest BCUT2D eigenvalue weighted by atomic mass is 16.5. The second-order valence-corrected chi connectivity index (χ2v) is 6.45. The summed E-state index contributed by atoms with van der Waals surface area (Å²) in [6.45, 7) is 1.58. The lowest BCUT2D eigenvalue weighted by Gasteiger charge is -2.33. The summed E-state index contributed by atoms with van der Waals surface area (Å²) in [5, 5.41) is 19.9. The van der Waals surface area contributed by atoms with Crippen molar-refractivity contribution in [3.8, 4) is 11.3 Å². The van der Waals surface area contributed by atoms with Gasteiger partial charge >= 0.3 is 0 Å². The third-order valence-corrected chi connectivity index (χ3v) is 4.45. The van der Waals surface area contributed by atoms with Crippen LogP contribution in [0.5, 0.6) is 0 Å². The minimum Gasteiger partial charge on any atom is -0.385 e.